The zero-order valence-electron chi connectivity index (χ0n) is 13.3. The first kappa shape index (κ1) is 14.3. The van der Waals surface area contributed by atoms with Gasteiger partial charge in [-0.2, -0.15) is 5.10 Å². The average molecular weight is 312 g/mol. The Morgan fingerprint density at radius 1 is 1.35 bits per heavy atom. The second-order valence-electron chi connectivity index (χ2n) is 7.01. The van der Waals surface area contributed by atoms with E-state index in [1.807, 2.05) is 0 Å². The highest BCUT2D eigenvalue weighted by molar-refractivity contribution is 5.95. The van der Waals surface area contributed by atoms with Crippen molar-refractivity contribution in [3.05, 3.63) is 35.4 Å². The van der Waals surface area contributed by atoms with E-state index in [0.717, 1.165) is 12.3 Å². The van der Waals surface area contributed by atoms with Gasteiger partial charge in [-0.15, -0.1) is 0 Å². The highest BCUT2D eigenvalue weighted by atomic mass is 16.7. The third-order valence-electron chi connectivity index (χ3n) is 5.53. The average Bonchev–Trinajstić information content (AvgIpc) is 3.02. The minimum absolute atomic E-state index is 0.199. The van der Waals surface area contributed by atoms with Crippen LogP contribution in [0.15, 0.2) is 34.9 Å². The van der Waals surface area contributed by atoms with Crippen molar-refractivity contribution >= 4 is 12.1 Å². The van der Waals surface area contributed by atoms with Gasteiger partial charge in [-0.3, -0.25) is 4.79 Å². The van der Waals surface area contributed by atoms with Crippen LogP contribution >= 0.6 is 0 Å². The van der Waals surface area contributed by atoms with Crippen molar-refractivity contribution in [1.29, 1.82) is 0 Å². The first-order valence-electron chi connectivity index (χ1n) is 7.99. The summed E-state index contributed by atoms with van der Waals surface area (Å²) in [4.78, 5) is 12.2. The highest BCUT2D eigenvalue weighted by Crippen LogP contribution is 2.58. The Balaban J connectivity index is 1.41. The maximum Gasteiger partial charge on any atom is 0.271 e. The molecule has 1 heterocycles. The van der Waals surface area contributed by atoms with Gasteiger partial charge in [0.05, 0.1) is 6.21 Å². The summed E-state index contributed by atoms with van der Waals surface area (Å²) in [5, 5.41) is 4.14. The number of hydrogen-bond acceptors (Lipinski definition) is 4. The van der Waals surface area contributed by atoms with Gasteiger partial charge >= 0.3 is 0 Å². The molecule has 5 heteroatoms. The summed E-state index contributed by atoms with van der Waals surface area (Å²) >= 11 is 0. The predicted molar refractivity (Wildman–Crippen MR) is 86.6 cm³/mol. The Morgan fingerprint density at radius 3 is 2.96 bits per heavy atom. The minimum atomic E-state index is -0.248. The zero-order valence-corrected chi connectivity index (χ0v) is 13.3. The van der Waals surface area contributed by atoms with Crippen LogP contribution < -0.4 is 14.9 Å². The molecule has 2 bridgehead atoms. The number of ether oxygens (including phenoxy) is 2. The molecule has 1 aliphatic heterocycles. The molecule has 0 radical (unpaired) electrons. The van der Waals surface area contributed by atoms with Crippen LogP contribution in [0.3, 0.4) is 0 Å². The monoisotopic (exact) mass is 312 g/mol. The van der Waals surface area contributed by atoms with Crippen LogP contribution in [0.5, 0.6) is 11.5 Å². The summed E-state index contributed by atoms with van der Waals surface area (Å²) in [6, 6.07) is 5.12. The number of benzene rings is 1. The number of carbonyl (C=O) groups excluding carboxylic acids is 1. The molecule has 0 saturated heterocycles. The molecule has 5 rings (SSSR count). The van der Waals surface area contributed by atoms with Gasteiger partial charge in [0, 0.05) is 5.56 Å². The lowest BCUT2D eigenvalue weighted by atomic mass is 9.49. The number of nitrogens with zero attached hydrogens (tertiary/aromatic N) is 1. The van der Waals surface area contributed by atoms with Gasteiger partial charge < -0.3 is 9.47 Å². The van der Waals surface area contributed by atoms with Crippen molar-refractivity contribution in [2.75, 3.05) is 6.79 Å². The molecular formula is C18H20N2O3. The smallest absolute Gasteiger partial charge is 0.271 e. The van der Waals surface area contributed by atoms with Crippen LogP contribution in [-0.4, -0.2) is 18.9 Å². The fourth-order valence-corrected chi connectivity index (χ4v) is 3.81. The molecule has 1 fully saturated rings. The molecule has 0 spiro atoms. The second kappa shape index (κ2) is 5.11. The maximum atomic E-state index is 12.2. The Kier molecular flexibility index (Phi) is 3.18. The third-order valence-corrected chi connectivity index (χ3v) is 5.53. The number of carbonyl (C=O) groups is 1. The fraction of sp³-hybridized carbons (Fsp3) is 0.444. The van der Waals surface area contributed by atoms with E-state index in [0.29, 0.717) is 28.4 Å². The van der Waals surface area contributed by atoms with Crippen molar-refractivity contribution in [1.82, 2.24) is 5.43 Å². The largest absolute Gasteiger partial charge is 0.454 e. The number of hydrogen-bond donors (Lipinski definition) is 1. The Labute approximate surface area is 135 Å². The Bertz CT molecular complexity index is 721. The molecule has 1 aromatic rings. The molecular weight excluding hydrogens is 292 g/mol. The quantitative estimate of drug-likeness (QED) is 0.689. The normalized spacial score (nSPS) is 26.6. The summed E-state index contributed by atoms with van der Waals surface area (Å²) in [6.45, 7) is 4.83. The van der Waals surface area contributed by atoms with Crippen molar-refractivity contribution in [2.24, 2.45) is 22.4 Å². The van der Waals surface area contributed by atoms with E-state index in [9.17, 15) is 4.79 Å². The lowest BCUT2D eigenvalue weighted by Gasteiger charge is -2.55. The molecule has 1 aromatic carbocycles. The molecule has 0 unspecified atom stereocenters. The van der Waals surface area contributed by atoms with Gasteiger partial charge in [0.2, 0.25) is 6.79 Å². The van der Waals surface area contributed by atoms with Gasteiger partial charge in [0.1, 0.15) is 0 Å². The summed E-state index contributed by atoms with van der Waals surface area (Å²) in [5.74, 6) is 2.38. The standard InChI is InChI=1S/C18H20N2O3/c1-18(2)13-5-3-12(14(18)8-13)9-19-20-17(21)11-4-6-15-16(7-11)23-10-22-15/h3-4,6-7,9,13-14H,5,8,10H2,1-2H3,(H,20,21)/b19-9-/t13-,14-/m0/s1. The van der Waals surface area contributed by atoms with Crippen molar-refractivity contribution in [3.8, 4) is 11.5 Å². The van der Waals surface area contributed by atoms with E-state index >= 15 is 0 Å². The van der Waals surface area contributed by atoms with Crippen molar-refractivity contribution in [3.63, 3.8) is 0 Å². The van der Waals surface area contributed by atoms with Crippen LogP contribution in [0, 0.1) is 17.3 Å². The number of hydrazone groups is 1. The SMILES string of the molecule is CC1(C)[C@H]2CC=C(/C=N\NC(=O)c3ccc4c(c3)OCO4)[C@@H]1C2. The molecule has 1 N–H and O–H groups in total. The molecule has 120 valence electrons. The first-order valence-corrected chi connectivity index (χ1v) is 7.99. The lowest BCUT2D eigenvalue weighted by Crippen LogP contribution is -2.48. The van der Waals surface area contributed by atoms with E-state index in [1.165, 1.54) is 12.0 Å². The topological polar surface area (TPSA) is 59.9 Å². The molecule has 4 aliphatic rings. The van der Waals surface area contributed by atoms with Crippen LogP contribution in [0.25, 0.3) is 0 Å². The van der Waals surface area contributed by atoms with Crippen LogP contribution in [-0.2, 0) is 0 Å². The number of nitrogens with one attached hydrogen (secondary N) is 1. The minimum Gasteiger partial charge on any atom is -0.454 e. The molecule has 3 aliphatic carbocycles. The van der Waals surface area contributed by atoms with Gasteiger partial charge in [-0.25, -0.2) is 5.43 Å². The van der Waals surface area contributed by atoms with Crippen molar-refractivity contribution < 1.29 is 14.3 Å². The third kappa shape index (κ3) is 2.31. The predicted octanol–water partition coefficient (Wildman–Crippen LogP) is 3.12. The molecule has 23 heavy (non-hydrogen) atoms. The summed E-state index contributed by atoms with van der Waals surface area (Å²) in [6.07, 6.45) is 6.40. The van der Waals surface area contributed by atoms with E-state index in [-0.39, 0.29) is 12.7 Å². The van der Waals surface area contributed by atoms with E-state index in [2.05, 4.69) is 30.5 Å². The molecule has 2 atom stereocenters. The Hall–Kier alpha value is -2.30. The number of fused-ring (bicyclic) bond motifs is 2. The summed E-state index contributed by atoms with van der Waals surface area (Å²) < 4.78 is 10.5. The number of amides is 1. The van der Waals surface area contributed by atoms with Crippen LogP contribution in [0.2, 0.25) is 0 Å². The second-order valence-corrected chi connectivity index (χ2v) is 7.01. The van der Waals surface area contributed by atoms with Crippen LogP contribution in [0.1, 0.15) is 37.0 Å². The van der Waals surface area contributed by atoms with Crippen LogP contribution in [0.4, 0.5) is 0 Å². The zero-order chi connectivity index (χ0) is 16.0. The lowest BCUT2D eigenvalue weighted by molar-refractivity contribution is -0.00126. The molecule has 5 nitrogen and oxygen atoms in total. The summed E-state index contributed by atoms with van der Waals surface area (Å²) in [7, 11) is 0. The number of rotatable bonds is 3. The maximum absolute atomic E-state index is 12.2. The van der Waals surface area contributed by atoms with Gasteiger partial charge in [-0.05, 0) is 53.9 Å². The number of allylic oxidation sites excluding steroid dienone is 2. The Morgan fingerprint density at radius 2 is 2.17 bits per heavy atom. The van der Waals surface area contributed by atoms with Gasteiger partial charge in [-0.1, -0.05) is 19.9 Å². The van der Waals surface area contributed by atoms with Crippen molar-refractivity contribution in [2.45, 2.75) is 26.7 Å². The molecule has 1 saturated carbocycles. The molecule has 0 aromatic heterocycles. The van der Waals surface area contributed by atoms with Gasteiger partial charge in [0.15, 0.2) is 11.5 Å². The molecule has 1 amide bonds. The first-order chi connectivity index (χ1) is 11.1. The van der Waals surface area contributed by atoms with E-state index in [1.54, 1.807) is 24.4 Å². The van der Waals surface area contributed by atoms with Gasteiger partial charge in [0.25, 0.3) is 5.91 Å². The van der Waals surface area contributed by atoms with E-state index < -0.39 is 0 Å². The fourth-order valence-electron chi connectivity index (χ4n) is 3.81. The summed E-state index contributed by atoms with van der Waals surface area (Å²) in [5.41, 5.74) is 4.70. The highest BCUT2D eigenvalue weighted by Gasteiger charge is 2.50. The van der Waals surface area contributed by atoms with E-state index in [4.69, 9.17) is 9.47 Å².